The minimum atomic E-state index is -0.781. The van der Waals surface area contributed by atoms with Crippen LogP contribution in [0.2, 0.25) is 0 Å². The lowest BCUT2D eigenvalue weighted by atomic mass is 10.1. The molecule has 0 fully saturated rings. The highest BCUT2D eigenvalue weighted by Gasteiger charge is 2.16. The summed E-state index contributed by atoms with van der Waals surface area (Å²) in [6, 6.07) is 7.70. The third kappa shape index (κ3) is 5.17. The lowest BCUT2D eigenvalue weighted by Crippen LogP contribution is -2.33. The molecule has 0 aliphatic heterocycles. The molecule has 8 nitrogen and oxygen atoms in total. The molecular weight excluding hydrogens is 490 g/mol. The second kappa shape index (κ2) is 9.69. The highest BCUT2D eigenvalue weighted by molar-refractivity contribution is 9.10. The quantitative estimate of drug-likeness (QED) is 0.510. The van der Waals surface area contributed by atoms with E-state index in [1.54, 1.807) is 13.0 Å². The Kier molecular flexibility index (Phi) is 6.98. The van der Waals surface area contributed by atoms with Crippen LogP contribution >= 0.6 is 15.9 Å². The van der Waals surface area contributed by atoms with E-state index in [1.807, 2.05) is 0 Å². The van der Waals surface area contributed by atoms with Crippen LogP contribution in [0, 0.1) is 18.6 Å². The number of nitrogens with one attached hydrogen (secondary N) is 1. The van der Waals surface area contributed by atoms with Gasteiger partial charge in [0, 0.05) is 17.2 Å². The number of nitrogens with two attached hydrogens (primary N) is 1. The van der Waals surface area contributed by atoms with Gasteiger partial charge in [0.1, 0.15) is 29.0 Å². The van der Waals surface area contributed by atoms with E-state index in [1.165, 1.54) is 29.1 Å². The van der Waals surface area contributed by atoms with E-state index in [0.29, 0.717) is 11.3 Å². The van der Waals surface area contributed by atoms with E-state index < -0.39 is 29.0 Å². The summed E-state index contributed by atoms with van der Waals surface area (Å²) >= 11 is 3.14. The lowest BCUT2D eigenvalue weighted by molar-refractivity contribution is -0.117. The molecule has 11 heteroatoms. The number of nitrogens with zero attached hydrogens (tertiary/aromatic N) is 2. The molecule has 3 aromatic rings. The Labute approximate surface area is 189 Å². The van der Waals surface area contributed by atoms with E-state index in [0.717, 1.165) is 12.1 Å². The summed E-state index contributed by atoms with van der Waals surface area (Å²) in [4.78, 5) is 40.0. The zero-order valence-electron chi connectivity index (χ0n) is 16.7. The number of benzene rings is 2. The number of aryl methyl sites for hydroxylation is 1. The number of ether oxygens (including phenoxy) is 1. The molecule has 3 N–H and O–H groups in total. The number of rotatable bonds is 7. The van der Waals surface area contributed by atoms with Crippen molar-refractivity contribution >= 4 is 27.7 Å². The highest BCUT2D eigenvalue weighted by atomic mass is 79.9. The molecule has 0 atom stereocenters. The van der Waals surface area contributed by atoms with Crippen LogP contribution in [0.1, 0.15) is 21.5 Å². The SMILES string of the molecule is Cc1ccc(C(=O)NCC(N)=O)cc1-n1cnc(OCc2ccc(F)cc2F)c(Br)c1=O. The number of halogens is 3. The third-order valence-electron chi connectivity index (χ3n) is 4.42. The van der Waals surface area contributed by atoms with Crippen LogP contribution in [0.15, 0.2) is 52.0 Å². The summed E-state index contributed by atoms with van der Waals surface area (Å²) in [7, 11) is 0. The van der Waals surface area contributed by atoms with Crippen molar-refractivity contribution in [2.24, 2.45) is 5.73 Å². The Bertz CT molecular complexity index is 1260. The van der Waals surface area contributed by atoms with Crippen LogP contribution in [0.4, 0.5) is 8.78 Å². The van der Waals surface area contributed by atoms with Gasteiger partial charge >= 0.3 is 0 Å². The first-order valence-electron chi connectivity index (χ1n) is 9.18. The molecule has 0 saturated carbocycles. The van der Waals surface area contributed by atoms with Crippen molar-refractivity contribution in [3.05, 3.63) is 85.9 Å². The minimum absolute atomic E-state index is 0.0227. The fourth-order valence-electron chi connectivity index (χ4n) is 2.75. The Hall–Kier alpha value is -3.60. The average Bonchev–Trinajstić information content (AvgIpc) is 2.75. The molecule has 1 heterocycles. The molecule has 0 saturated heterocycles. The molecular formula is C21H17BrF2N4O4. The van der Waals surface area contributed by atoms with Gasteiger partial charge in [-0.05, 0) is 52.7 Å². The number of amides is 2. The van der Waals surface area contributed by atoms with Crippen molar-refractivity contribution in [2.45, 2.75) is 13.5 Å². The fourth-order valence-corrected chi connectivity index (χ4v) is 3.16. The van der Waals surface area contributed by atoms with E-state index in [9.17, 15) is 23.2 Å². The topological polar surface area (TPSA) is 116 Å². The molecule has 0 aliphatic carbocycles. The van der Waals surface area contributed by atoms with Crippen molar-refractivity contribution in [3.8, 4) is 11.6 Å². The Balaban J connectivity index is 1.87. The zero-order valence-corrected chi connectivity index (χ0v) is 18.3. The molecule has 166 valence electrons. The van der Waals surface area contributed by atoms with Gasteiger partial charge in [-0.2, -0.15) is 0 Å². The smallest absolute Gasteiger partial charge is 0.276 e. The monoisotopic (exact) mass is 506 g/mol. The number of aromatic nitrogens is 2. The number of carbonyl (C=O) groups excluding carboxylic acids is 2. The fraction of sp³-hybridized carbons (Fsp3) is 0.143. The Morgan fingerprint density at radius 1 is 1.22 bits per heavy atom. The number of hydrogen-bond acceptors (Lipinski definition) is 5. The summed E-state index contributed by atoms with van der Waals surface area (Å²) in [5.41, 5.74) is 5.85. The molecule has 0 spiro atoms. The molecule has 1 aromatic heterocycles. The van der Waals surface area contributed by atoms with Gasteiger partial charge in [0.05, 0.1) is 12.2 Å². The van der Waals surface area contributed by atoms with Gasteiger partial charge in [-0.1, -0.05) is 6.07 Å². The van der Waals surface area contributed by atoms with Gasteiger partial charge in [-0.15, -0.1) is 0 Å². The maximum absolute atomic E-state index is 13.8. The predicted octanol–water partition coefficient (Wildman–Crippen LogP) is 2.38. The van der Waals surface area contributed by atoms with Crippen molar-refractivity contribution in [1.82, 2.24) is 14.9 Å². The van der Waals surface area contributed by atoms with Crippen molar-refractivity contribution in [3.63, 3.8) is 0 Å². The van der Waals surface area contributed by atoms with Crippen molar-refractivity contribution in [2.75, 3.05) is 6.54 Å². The second-order valence-corrected chi connectivity index (χ2v) is 7.51. The Morgan fingerprint density at radius 2 is 1.97 bits per heavy atom. The van der Waals surface area contributed by atoms with Gasteiger partial charge in [0.15, 0.2) is 0 Å². The van der Waals surface area contributed by atoms with E-state index in [4.69, 9.17) is 10.5 Å². The van der Waals surface area contributed by atoms with Crippen LogP contribution in [0.25, 0.3) is 5.69 Å². The first kappa shape index (κ1) is 23.1. The minimum Gasteiger partial charge on any atom is -0.472 e. The third-order valence-corrected chi connectivity index (χ3v) is 5.10. The Morgan fingerprint density at radius 3 is 2.66 bits per heavy atom. The normalized spacial score (nSPS) is 10.6. The van der Waals surface area contributed by atoms with Crippen LogP contribution < -0.4 is 21.3 Å². The average molecular weight is 507 g/mol. The summed E-state index contributed by atoms with van der Waals surface area (Å²) in [5.74, 6) is -2.80. The summed E-state index contributed by atoms with van der Waals surface area (Å²) in [5, 5.41) is 2.37. The molecule has 3 rings (SSSR count). The van der Waals surface area contributed by atoms with Crippen molar-refractivity contribution in [1.29, 1.82) is 0 Å². The number of carbonyl (C=O) groups is 2. The molecule has 2 amide bonds. The van der Waals surface area contributed by atoms with Crippen LogP contribution in [0.3, 0.4) is 0 Å². The van der Waals surface area contributed by atoms with Crippen molar-refractivity contribution < 1.29 is 23.1 Å². The predicted molar refractivity (Wildman–Crippen MR) is 114 cm³/mol. The van der Waals surface area contributed by atoms with E-state index in [-0.39, 0.29) is 34.6 Å². The summed E-state index contributed by atoms with van der Waals surface area (Å²) in [6.07, 6.45) is 1.21. The van der Waals surface area contributed by atoms with Crippen LogP contribution in [-0.4, -0.2) is 27.9 Å². The maximum Gasteiger partial charge on any atom is 0.276 e. The lowest BCUT2D eigenvalue weighted by Gasteiger charge is -2.13. The van der Waals surface area contributed by atoms with E-state index in [2.05, 4.69) is 26.2 Å². The maximum atomic E-state index is 13.8. The molecule has 0 aliphatic rings. The van der Waals surface area contributed by atoms with Gasteiger partial charge in [-0.3, -0.25) is 19.0 Å². The highest BCUT2D eigenvalue weighted by Crippen LogP contribution is 2.22. The standard InChI is InChI=1S/C21H17BrF2N4O4/c1-11-2-3-12(19(30)26-8-17(25)29)6-16(11)28-10-27-20(18(22)21(28)31)32-9-13-4-5-14(23)7-15(13)24/h2-7,10H,8-9H2,1H3,(H2,25,29)(H,26,30). The molecule has 0 bridgehead atoms. The molecule has 0 radical (unpaired) electrons. The van der Waals surface area contributed by atoms with Gasteiger partial charge in [0.25, 0.3) is 11.5 Å². The first-order chi connectivity index (χ1) is 15.2. The summed E-state index contributed by atoms with van der Waals surface area (Å²) < 4.78 is 33.4. The summed E-state index contributed by atoms with van der Waals surface area (Å²) in [6.45, 7) is 1.15. The first-order valence-corrected chi connectivity index (χ1v) is 9.98. The molecule has 0 unspecified atom stereocenters. The van der Waals surface area contributed by atoms with Crippen LogP contribution in [0.5, 0.6) is 5.88 Å². The molecule has 32 heavy (non-hydrogen) atoms. The number of primary amides is 1. The number of hydrogen-bond donors (Lipinski definition) is 2. The largest absolute Gasteiger partial charge is 0.472 e. The van der Waals surface area contributed by atoms with Gasteiger partial charge < -0.3 is 15.8 Å². The second-order valence-electron chi connectivity index (χ2n) is 6.71. The van der Waals surface area contributed by atoms with Gasteiger partial charge in [-0.25, -0.2) is 13.8 Å². The molecule has 2 aromatic carbocycles. The van der Waals surface area contributed by atoms with Gasteiger partial charge in [0.2, 0.25) is 11.8 Å². The zero-order chi connectivity index (χ0) is 23.4. The van der Waals surface area contributed by atoms with Crippen LogP contribution in [-0.2, 0) is 11.4 Å². The van der Waals surface area contributed by atoms with E-state index >= 15 is 0 Å².